The van der Waals surface area contributed by atoms with Gasteiger partial charge in [0.05, 0.1) is 18.9 Å². The summed E-state index contributed by atoms with van der Waals surface area (Å²) in [6.07, 6.45) is 2.11. The Kier molecular flexibility index (Phi) is 3.80. The Morgan fingerprint density at radius 3 is 2.57 bits per heavy atom. The normalized spacial score (nSPS) is 32.3. The van der Waals surface area contributed by atoms with Gasteiger partial charge in [0, 0.05) is 5.25 Å². The molecule has 3 unspecified atom stereocenters. The lowest BCUT2D eigenvalue weighted by Gasteiger charge is -2.31. The number of carboxylic acids is 1. The van der Waals surface area contributed by atoms with Crippen LogP contribution in [0, 0.1) is 11.8 Å². The number of carboxylic acid groups (broad SMARTS) is 1. The molecule has 3 atom stereocenters. The first-order chi connectivity index (χ1) is 6.57. The maximum absolute atomic E-state index is 11.4. The largest absolute Gasteiger partial charge is 0.481 e. The van der Waals surface area contributed by atoms with Crippen LogP contribution in [0.1, 0.15) is 19.3 Å². The van der Waals surface area contributed by atoms with Crippen molar-refractivity contribution in [2.75, 3.05) is 7.11 Å². The minimum atomic E-state index is -0.931. The highest BCUT2D eigenvalue weighted by molar-refractivity contribution is 7.81. The van der Waals surface area contributed by atoms with E-state index in [1.807, 2.05) is 0 Å². The minimum absolute atomic E-state index is 0.197. The molecule has 1 N–H and O–H groups in total. The summed E-state index contributed by atoms with van der Waals surface area (Å²) < 4.78 is 4.59. The summed E-state index contributed by atoms with van der Waals surface area (Å²) in [6.45, 7) is 0. The molecule has 0 bridgehead atoms. The van der Waals surface area contributed by atoms with Crippen LogP contribution >= 0.6 is 12.6 Å². The van der Waals surface area contributed by atoms with Gasteiger partial charge in [-0.15, -0.1) is 0 Å². The third-order valence-corrected chi connectivity index (χ3v) is 3.23. The molecule has 14 heavy (non-hydrogen) atoms. The number of methoxy groups -OCH3 is 1. The van der Waals surface area contributed by atoms with Gasteiger partial charge in [-0.1, -0.05) is 6.42 Å². The molecule has 0 aromatic heterocycles. The molecule has 0 aliphatic heterocycles. The van der Waals surface area contributed by atoms with E-state index in [0.717, 1.165) is 12.8 Å². The number of hydrogen-bond donors (Lipinski definition) is 2. The summed E-state index contributed by atoms with van der Waals surface area (Å²) in [5, 5.41) is 8.73. The monoisotopic (exact) mass is 218 g/mol. The molecule has 1 rings (SSSR count). The highest BCUT2D eigenvalue weighted by Crippen LogP contribution is 2.34. The first-order valence-electron chi connectivity index (χ1n) is 4.56. The van der Waals surface area contributed by atoms with Gasteiger partial charge < -0.3 is 9.84 Å². The van der Waals surface area contributed by atoms with Crippen LogP contribution in [-0.2, 0) is 14.3 Å². The number of rotatable bonds is 2. The molecule has 80 valence electrons. The van der Waals surface area contributed by atoms with Gasteiger partial charge in [-0.25, -0.2) is 0 Å². The van der Waals surface area contributed by atoms with Crippen LogP contribution in [0.15, 0.2) is 0 Å². The van der Waals surface area contributed by atoms with Crippen LogP contribution in [0.4, 0.5) is 0 Å². The molecule has 5 heteroatoms. The van der Waals surface area contributed by atoms with Crippen molar-refractivity contribution in [2.24, 2.45) is 11.8 Å². The SMILES string of the molecule is COC(=O)C1C(S)CCCC1C(=O)O. The highest BCUT2D eigenvalue weighted by Gasteiger charge is 2.41. The Hall–Kier alpha value is -0.710. The van der Waals surface area contributed by atoms with Gasteiger partial charge in [0.15, 0.2) is 0 Å². The van der Waals surface area contributed by atoms with E-state index in [1.165, 1.54) is 7.11 Å². The molecule has 1 aliphatic rings. The van der Waals surface area contributed by atoms with Crippen molar-refractivity contribution in [3.05, 3.63) is 0 Å². The Morgan fingerprint density at radius 2 is 2.07 bits per heavy atom. The zero-order valence-electron chi connectivity index (χ0n) is 7.97. The topological polar surface area (TPSA) is 63.6 Å². The van der Waals surface area contributed by atoms with Crippen LogP contribution in [-0.4, -0.2) is 29.4 Å². The summed E-state index contributed by atoms with van der Waals surface area (Å²) in [7, 11) is 1.27. The summed E-state index contributed by atoms with van der Waals surface area (Å²) >= 11 is 4.24. The average Bonchev–Trinajstić information content (AvgIpc) is 2.16. The fourth-order valence-corrected chi connectivity index (χ4v) is 2.42. The van der Waals surface area contributed by atoms with Gasteiger partial charge in [0.1, 0.15) is 0 Å². The van der Waals surface area contributed by atoms with E-state index in [2.05, 4.69) is 17.4 Å². The second-order valence-electron chi connectivity index (χ2n) is 3.49. The summed E-state index contributed by atoms with van der Waals surface area (Å²) in [5.74, 6) is -2.63. The lowest BCUT2D eigenvalue weighted by Crippen LogP contribution is -2.40. The van der Waals surface area contributed by atoms with Gasteiger partial charge in [-0.2, -0.15) is 12.6 Å². The van der Waals surface area contributed by atoms with Crippen molar-refractivity contribution >= 4 is 24.6 Å². The maximum Gasteiger partial charge on any atom is 0.310 e. The number of aliphatic carboxylic acids is 1. The van der Waals surface area contributed by atoms with Crippen LogP contribution in [0.2, 0.25) is 0 Å². The highest BCUT2D eigenvalue weighted by atomic mass is 32.1. The van der Waals surface area contributed by atoms with Crippen molar-refractivity contribution in [3.63, 3.8) is 0 Å². The number of carbonyl (C=O) groups is 2. The smallest absolute Gasteiger partial charge is 0.310 e. The first-order valence-corrected chi connectivity index (χ1v) is 5.08. The van der Waals surface area contributed by atoms with Crippen LogP contribution < -0.4 is 0 Å². The summed E-state index contributed by atoms with van der Waals surface area (Å²) in [4.78, 5) is 22.2. The third kappa shape index (κ3) is 2.20. The molecule has 0 spiro atoms. The third-order valence-electron chi connectivity index (χ3n) is 2.65. The molecule has 0 amide bonds. The predicted molar refractivity (Wildman–Crippen MR) is 53.3 cm³/mol. The van der Waals surface area contributed by atoms with Crippen molar-refractivity contribution in [3.8, 4) is 0 Å². The molecular weight excluding hydrogens is 204 g/mol. The fraction of sp³-hybridized carbons (Fsp3) is 0.778. The molecule has 4 nitrogen and oxygen atoms in total. The van der Waals surface area contributed by atoms with E-state index < -0.39 is 23.8 Å². The van der Waals surface area contributed by atoms with E-state index in [4.69, 9.17) is 5.11 Å². The molecule has 0 radical (unpaired) electrons. The lowest BCUT2D eigenvalue weighted by atomic mass is 9.79. The van der Waals surface area contributed by atoms with Crippen molar-refractivity contribution in [1.82, 2.24) is 0 Å². The molecule has 1 fully saturated rings. The Balaban J connectivity index is 2.81. The second kappa shape index (κ2) is 4.68. The van der Waals surface area contributed by atoms with E-state index in [1.54, 1.807) is 0 Å². The number of esters is 1. The molecular formula is C9H14O4S. The van der Waals surface area contributed by atoms with Gasteiger partial charge in [-0.3, -0.25) is 9.59 Å². The zero-order chi connectivity index (χ0) is 10.7. The van der Waals surface area contributed by atoms with E-state index in [9.17, 15) is 9.59 Å². The molecule has 0 aromatic carbocycles. The summed E-state index contributed by atoms with van der Waals surface area (Å²) in [6, 6.07) is 0. The van der Waals surface area contributed by atoms with Crippen molar-refractivity contribution in [2.45, 2.75) is 24.5 Å². The fourth-order valence-electron chi connectivity index (χ4n) is 1.91. The van der Waals surface area contributed by atoms with Crippen LogP contribution in [0.25, 0.3) is 0 Å². The van der Waals surface area contributed by atoms with Gasteiger partial charge in [0.25, 0.3) is 0 Å². The number of carbonyl (C=O) groups excluding carboxylic acids is 1. The first kappa shape index (κ1) is 11.4. The zero-order valence-corrected chi connectivity index (χ0v) is 8.87. The van der Waals surface area contributed by atoms with Crippen molar-refractivity contribution in [1.29, 1.82) is 0 Å². The lowest BCUT2D eigenvalue weighted by molar-refractivity contribution is -0.157. The quantitative estimate of drug-likeness (QED) is 0.535. The average molecular weight is 218 g/mol. The Labute approximate surface area is 88.0 Å². The van der Waals surface area contributed by atoms with E-state index >= 15 is 0 Å². The summed E-state index contributed by atoms with van der Waals surface area (Å²) in [5.41, 5.74) is 0. The Bertz CT molecular complexity index is 241. The second-order valence-corrected chi connectivity index (χ2v) is 4.16. The predicted octanol–water partition coefficient (Wildman–Crippen LogP) is 0.959. The number of ether oxygens (including phenoxy) is 1. The standard InChI is InChI=1S/C9H14O4S/c1-13-9(12)7-5(8(10)11)3-2-4-6(7)14/h5-7,14H,2-4H2,1H3,(H,10,11). The molecule has 1 aliphatic carbocycles. The van der Waals surface area contributed by atoms with Gasteiger partial charge in [0.2, 0.25) is 0 Å². The molecule has 0 aromatic rings. The molecule has 0 saturated heterocycles. The maximum atomic E-state index is 11.4. The van der Waals surface area contributed by atoms with Crippen LogP contribution in [0.5, 0.6) is 0 Å². The van der Waals surface area contributed by atoms with Gasteiger partial charge >= 0.3 is 11.9 Å². The Morgan fingerprint density at radius 1 is 1.43 bits per heavy atom. The minimum Gasteiger partial charge on any atom is -0.481 e. The van der Waals surface area contributed by atoms with E-state index in [0.29, 0.717) is 6.42 Å². The van der Waals surface area contributed by atoms with E-state index in [-0.39, 0.29) is 5.25 Å². The van der Waals surface area contributed by atoms with Crippen LogP contribution in [0.3, 0.4) is 0 Å². The molecule has 1 saturated carbocycles. The van der Waals surface area contributed by atoms with Crippen molar-refractivity contribution < 1.29 is 19.4 Å². The molecule has 0 heterocycles. The van der Waals surface area contributed by atoms with Gasteiger partial charge in [-0.05, 0) is 12.8 Å². The number of hydrogen-bond acceptors (Lipinski definition) is 4. The number of thiol groups is 1.